The van der Waals surface area contributed by atoms with Gasteiger partial charge in [0.15, 0.2) is 0 Å². The fraction of sp³-hybridized carbons (Fsp3) is 0.300. The number of fused-ring (bicyclic) bond motifs is 1. The van der Waals surface area contributed by atoms with E-state index >= 15 is 0 Å². The Balaban J connectivity index is 2.09. The number of anilines is 1. The molecule has 15 heavy (non-hydrogen) atoms. The molecule has 1 aliphatic rings. The van der Waals surface area contributed by atoms with Gasteiger partial charge in [0.25, 0.3) is 0 Å². The van der Waals surface area contributed by atoms with Crippen molar-refractivity contribution in [1.29, 1.82) is 0 Å². The molecule has 0 amide bonds. The second kappa shape index (κ2) is 4.90. The van der Waals surface area contributed by atoms with Crippen molar-refractivity contribution in [3.63, 3.8) is 0 Å². The van der Waals surface area contributed by atoms with E-state index in [1.807, 2.05) is 6.07 Å². The van der Waals surface area contributed by atoms with Crippen LogP contribution in [0.1, 0.15) is 13.3 Å². The van der Waals surface area contributed by atoms with Gasteiger partial charge < -0.3 is 10.6 Å². The van der Waals surface area contributed by atoms with Gasteiger partial charge in [0.05, 0.1) is 10.6 Å². The van der Waals surface area contributed by atoms with Crippen LogP contribution in [0.3, 0.4) is 0 Å². The summed E-state index contributed by atoms with van der Waals surface area (Å²) in [6, 6.07) is 6.14. The molecule has 0 unspecified atom stereocenters. The van der Waals surface area contributed by atoms with E-state index in [0.29, 0.717) is 0 Å². The third-order valence-corrected chi connectivity index (χ3v) is 3.28. The normalized spacial score (nSPS) is 13.9. The van der Waals surface area contributed by atoms with Crippen molar-refractivity contribution >= 4 is 39.5 Å². The standard InChI is InChI=1S/C10H12BrN3S/c1-2-5-12-10-13-8-4-3-7(11)6-9(8)15-14-10/h3-4,6H,2,5H2,1H3,(H2,12,13,14). The molecular formula is C10H12BrN3S. The molecule has 3 nitrogen and oxygen atoms in total. The highest BCUT2D eigenvalue weighted by molar-refractivity contribution is 9.10. The Hall–Kier alpha value is -0.680. The molecule has 1 aromatic rings. The molecule has 80 valence electrons. The van der Waals surface area contributed by atoms with Crippen molar-refractivity contribution in [3.05, 3.63) is 22.7 Å². The van der Waals surface area contributed by atoms with Gasteiger partial charge in [0.1, 0.15) is 0 Å². The molecule has 0 atom stereocenters. The number of hydrogen-bond donors (Lipinski definition) is 2. The number of hydrogen-bond acceptors (Lipinski definition) is 4. The summed E-state index contributed by atoms with van der Waals surface area (Å²) in [5.74, 6) is 0.844. The van der Waals surface area contributed by atoms with E-state index in [2.05, 4.69) is 50.0 Å². The van der Waals surface area contributed by atoms with Crippen molar-refractivity contribution < 1.29 is 0 Å². The van der Waals surface area contributed by atoms with Gasteiger partial charge in [0.2, 0.25) is 5.96 Å². The highest BCUT2D eigenvalue weighted by Gasteiger charge is 2.11. The first kappa shape index (κ1) is 10.8. The fourth-order valence-electron chi connectivity index (χ4n) is 1.24. The van der Waals surface area contributed by atoms with Crippen molar-refractivity contribution in [3.8, 4) is 0 Å². The van der Waals surface area contributed by atoms with Crippen LogP contribution in [0.15, 0.2) is 32.0 Å². The van der Waals surface area contributed by atoms with E-state index in [4.69, 9.17) is 0 Å². The predicted octanol–water partition coefficient (Wildman–Crippen LogP) is 3.24. The Bertz CT molecular complexity index is 392. The van der Waals surface area contributed by atoms with Crippen LogP contribution in [0, 0.1) is 0 Å². The van der Waals surface area contributed by atoms with Gasteiger partial charge in [-0.1, -0.05) is 22.9 Å². The lowest BCUT2D eigenvalue weighted by atomic mass is 10.3. The molecule has 2 rings (SSSR count). The summed E-state index contributed by atoms with van der Waals surface area (Å²) in [7, 11) is 0. The third-order valence-electron chi connectivity index (χ3n) is 1.97. The number of guanidine groups is 1. The maximum absolute atomic E-state index is 4.34. The van der Waals surface area contributed by atoms with Crippen LogP contribution < -0.4 is 10.6 Å². The Labute approximate surface area is 102 Å². The quantitative estimate of drug-likeness (QED) is 0.819. The first-order chi connectivity index (χ1) is 7.29. The maximum Gasteiger partial charge on any atom is 0.207 e. The van der Waals surface area contributed by atoms with Gasteiger partial charge >= 0.3 is 0 Å². The lowest BCUT2D eigenvalue weighted by molar-refractivity contribution is 0.839. The molecule has 0 saturated carbocycles. The van der Waals surface area contributed by atoms with Crippen LogP contribution in [-0.2, 0) is 0 Å². The van der Waals surface area contributed by atoms with Gasteiger partial charge in [0, 0.05) is 23.0 Å². The average Bonchev–Trinajstić information content (AvgIpc) is 2.26. The third kappa shape index (κ3) is 2.66. The first-order valence-corrected chi connectivity index (χ1v) is 6.41. The van der Waals surface area contributed by atoms with Gasteiger partial charge in [-0.2, -0.15) is 4.40 Å². The minimum Gasteiger partial charge on any atom is -0.355 e. The lowest BCUT2D eigenvalue weighted by Crippen LogP contribution is -2.32. The zero-order valence-corrected chi connectivity index (χ0v) is 10.8. The minimum atomic E-state index is 0.844. The molecule has 1 aromatic carbocycles. The molecule has 0 aromatic heterocycles. The summed E-state index contributed by atoms with van der Waals surface area (Å²) in [5, 5.41) is 6.49. The molecule has 5 heteroatoms. The number of nitrogens with one attached hydrogen (secondary N) is 2. The summed E-state index contributed by atoms with van der Waals surface area (Å²) in [5.41, 5.74) is 1.11. The molecule has 0 radical (unpaired) electrons. The molecule has 1 aliphatic heterocycles. The van der Waals surface area contributed by atoms with Gasteiger partial charge in [-0.25, -0.2) is 0 Å². The maximum atomic E-state index is 4.34. The predicted molar refractivity (Wildman–Crippen MR) is 69.4 cm³/mol. The van der Waals surface area contributed by atoms with E-state index in [9.17, 15) is 0 Å². The summed E-state index contributed by atoms with van der Waals surface area (Å²) >= 11 is 4.94. The number of nitrogens with zero attached hydrogens (tertiary/aromatic N) is 1. The Morgan fingerprint density at radius 3 is 3.20 bits per heavy atom. The monoisotopic (exact) mass is 285 g/mol. The van der Waals surface area contributed by atoms with Gasteiger partial charge in [-0.15, -0.1) is 0 Å². The Kier molecular flexibility index (Phi) is 3.53. The molecule has 0 saturated heterocycles. The van der Waals surface area contributed by atoms with Crippen molar-refractivity contribution in [2.75, 3.05) is 11.9 Å². The lowest BCUT2D eigenvalue weighted by Gasteiger charge is -2.18. The molecular weight excluding hydrogens is 274 g/mol. The van der Waals surface area contributed by atoms with E-state index in [1.54, 1.807) is 0 Å². The molecule has 0 spiro atoms. The van der Waals surface area contributed by atoms with Crippen LogP contribution in [0.2, 0.25) is 0 Å². The van der Waals surface area contributed by atoms with Crippen molar-refractivity contribution in [1.82, 2.24) is 5.32 Å². The van der Waals surface area contributed by atoms with Crippen LogP contribution in [-0.4, -0.2) is 12.5 Å². The number of benzene rings is 1. The SMILES string of the molecule is CCCNC1=NSc2cc(Br)ccc2N1. The highest BCUT2D eigenvalue weighted by atomic mass is 79.9. The van der Waals surface area contributed by atoms with E-state index in [0.717, 1.165) is 34.0 Å². The van der Waals surface area contributed by atoms with E-state index in [1.165, 1.54) is 11.9 Å². The van der Waals surface area contributed by atoms with Gasteiger partial charge in [-0.3, -0.25) is 0 Å². The van der Waals surface area contributed by atoms with E-state index in [-0.39, 0.29) is 0 Å². The van der Waals surface area contributed by atoms with Crippen molar-refractivity contribution in [2.45, 2.75) is 18.2 Å². The smallest absolute Gasteiger partial charge is 0.207 e. The van der Waals surface area contributed by atoms with Crippen LogP contribution in [0.5, 0.6) is 0 Å². The zero-order chi connectivity index (χ0) is 10.7. The second-order valence-electron chi connectivity index (χ2n) is 3.22. The van der Waals surface area contributed by atoms with Gasteiger partial charge in [-0.05, 0) is 24.6 Å². The summed E-state index contributed by atoms with van der Waals surface area (Å²) in [6.45, 7) is 3.08. The number of rotatable bonds is 2. The van der Waals surface area contributed by atoms with Crippen LogP contribution in [0.4, 0.5) is 5.69 Å². The molecule has 0 aliphatic carbocycles. The van der Waals surface area contributed by atoms with Crippen LogP contribution in [0.25, 0.3) is 0 Å². The largest absolute Gasteiger partial charge is 0.355 e. The summed E-state index contributed by atoms with van der Waals surface area (Å²) < 4.78 is 5.42. The molecule has 1 heterocycles. The summed E-state index contributed by atoms with van der Waals surface area (Å²) in [4.78, 5) is 1.14. The van der Waals surface area contributed by atoms with E-state index < -0.39 is 0 Å². The second-order valence-corrected chi connectivity index (χ2v) is 4.94. The first-order valence-electron chi connectivity index (χ1n) is 4.85. The molecule has 0 fully saturated rings. The topological polar surface area (TPSA) is 36.4 Å². The summed E-state index contributed by atoms with van der Waals surface area (Å²) in [6.07, 6.45) is 1.10. The Morgan fingerprint density at radius 1 is 1.53 bits per heavy atom. The molecule has 0 bridgehead atoms. The van der Waals surface area contributed by atoms with Crippen LogP contribution >= 0.6 is 27.9 Å². The highest BCUT2D eigenvalue weighted by Crippen LogP contribution is 2.33. The zero-order valence-electron chi connectivity index (χ0n) is 8.38. The number of halogens is 1. The average molecular weight is 286 g/mol. The fourth-order valence-corrected chi connectivity index (χ4v) is 2.45. The Morgan fingerprint density at radius 2 is 2.40 bits per heavy atom. The molecule has 2 N–H and O–H groups in total. The minimum absolute atomic E-state index is 0.844. The van der Waals surface area contributed by atoms with Crippen molar-refractivity contribution in [2.24, 2.45) is 4.40 Å².